The number of rotatable bonds is 5. The van der Waals surface area contributed by atoms with Crippen molar-refractivity contribution in [3.63, 3.8) is 0 Å². The number of para-hydroxylation sites is 1. The third-order valence-corrected chi connectivity index (χ3v) is 8.08. The molecule has 3 aromatic rings. The molecule has 2 aliphatic carbocycles. The maximum atomic E-state index is 13.8. The summed E-state index contributed by atoms with van der Waals surface area (Å²) in [5, 5.41) is 3.50. The second-order valence-corrected chi connectivity index (χ2v) is 10.6. The van der Waals surface area contributed by atoms with Crippen molar-refractivity contribution in [3.8, 4) is 5.75 Å². The average molecular weight is 531 g/mol. The van der Waals surface area contributed by atoms with Crippen molar-refractivity contribution in [3.05, 3.63) is 112 Å². The molecule has 4 aliphatic rings. The predicted octanol–water partition coefficient (Wildman–Crippen LogP) is 4.51. The van der Waals surface area contributed by atoms with Gasteiger partial charge in [0.25, 0.3) is 0 Å². The summed E-state index contributed by atoms with van der Waals surface area (Å²) in [5.41, 5.74) is 5.73. The minimum absolute atomic E-state index is 0.156. The van der Waals surface area contributed by atoms with E-state index in [1.807, 2.05) is 37.3 Å². The van der Waals surface area contributed by atoms with Gasteiger partial charge in [0.05, 0.1) is 16.9 Å². The van der Waals surface area contributed by atoms with Crippen molar-refractivity contribution in [2.75, 3.05) is 44.2 Å². The molecular formula is C33H30N4O3. The number of ketones is 2. The minimum atomic E-state index is -0.548. The maximum Gasteiger partial charge on any atom is 0.196 e. The number of aliphatic imine (C=N–C) groups is 1. The summed E-state index contributed by atoms with van der Waals surface area (Å²) >= 11 is 0. The van der Waals surface area contributed by atoms with Gasteiger partial charge in [-0.1, -0.05) is 48.5 Å². The molecule has 3 aromatic carbocycles. The second kappa shape index (κ2) is 9.92. The number of carbonyl (C=O) groups is 2. The lowest BCUT2D eigenvalue weighted by molar-refractivity contribution is 0.0978. The molecule has 7 rings (SSSR count). The van der Waals surface area contributed by atoms with Crippen LogP contribution in [-0.2, 0) is 0 Å². The van der Waals surface area contributed by atoms with Gasteiger partial charge >= 0.3 is 0 Å². The summed E-state index contributed by atoms with van der Waals surface area (Å²) < 4.78 is 6.33. The number of benzene rings is 3. The Kier molecular flexibility index (Phi) is 6.09. The molecule has 0 saturated carbocycles. The Labute approximate surface area is 233 Å². The van der Waals surface area contributed by atoms with Crippen molar-refractivity contribution in [1.29, 1.82) is 0 Å². The fourth-order valence-electron chi connectivity index (χ4n) is 5.99. The molecule has 0 aromatic heterocycles. The quantitative estimate of drug-likeness (QED) is 0.523. The third kappa shape index (κ3) is 4.23. The number of allylic oxidation sites excluding steroid dienone is 1. The molecule has 0 amide bonds. The average Bonchev–Trinajstić information content (AvgIpc) is 2.99. The van der Waals surface area contributed by atoms with Crippen LogP contribution in [0.2, 0.25) is 0 Å². The van der Waals surface area contributed by atoms with Crippen LogP contribution in [0.25, 0.3) is 0 Å². The number of carbonyl (C=O) groups excluding carboxylic acids is 2. The monoisotopic (exact) mass is 530 g/mol. The summed E-state index contributed by atoms with van der Waals surface area (Å²) in [6.07, 6.45) is 1.36. The highest BCUT2D eigenvalue weighted by Gasteiger charge is 2.43. The molecule has 40 heavy (non-hydrogen) atoms. The molecule has 1 unspecified atom stereocenters. The highest BCUT2D eigenvalue weighted by atomic mass is 16.5. The minimum Gasteiger partial charge on any atom is -0.478 e. The largest absolute Gasteiger partial charge is 0.478 e. The summed E-state index contributed by atoms with van der Waals surface area (Å²) in [5.74, 6) is 0.333. The number of piperazine rings is 1. The summed E-state index contributed by atoms with van der Waals surface area (Å²) in [6.45, 7) is 7.34. The van der Waals surface area contributed by atoms with E-state index in [9.17, 15) is 9.59 Å². The highest BCUT2D eigenvalue weighted by molar-refractivity contribution is 6.40. The van der Waals surface area contributed by atoms with Crippen molar-refractivity contribution in [2.24, 2.45) is 4.99 Å². The zero-order chi connectivity index (χ0) is 27.2. The van der Waals surface area contributed by atoms with Crippen LogP contribution in [0, 0.1) is 6.92 Å². The van der Waals surface area contributed by atoms with Crippen LogP contribution in [-0.4, -0.2) is 67.6 Å². The van der Waals surface area contributed by atoms with Crippen molar-refractivity contribution in [2.45, 2.75) is 13.0 Å². The van der Waals surface area contributed by atoms with E-state index in [2.05, 4.69) is 39.4 Å². The van der Waals surface area contributed by atoms with Crippen LogP contribution in [0.5, 0.6) is 5.75 Å². The predicted molar refractivity (Wildman–Crippen MR) is 156 cm³/mol. The van der Waals surface area contributed by atoms with Crippen LogP contribution in [0.15, 0.2) is 101 Å². The fraction of sp³-hybridized carbons (Fsp3) is 0.242. The first kappa shape index (κ1) is 24.5. The first-order chi connectivity index (χ1) is 19.6. The lowest BCUT2D eigenvalue weighted by Crippen LogP contribution is -2.48. The maximum absolute atomic E-state index is 13.8. The number of nitrogens with zero attached hydrogens (tertiary/aromatic N) is 3. The van der Waals surface area contributed by atoms with Gasteiger partial charge in [-0.3, -0.25) is 14.5 Å². The molecule has 1 N–H and O–H groups in total. The van der Waals surface area contributed by atoms with E-state index in [0.717, 1.165) is 38.3 Å². The molecule has 0 bridgehead atoms. The number of Topliss-reactive ketones (excluding diaryl/α,β-unsaturated/α-hetero) is 2. The Bertz CT molecular complexity index is 1610. The Morgan fingerprint density at radius 1 is 0.875 bits per heavy atom. The lowest BCUT2D eigenvalue weighted by atomic mass is 9.76. The van der Waals surface area contributed by atoms with Gasteiger partial charge in [0, 0.05) is 61.8 Å². The Hall–Kier alpha value is -4.49. The van der Waals surface area contributed by atoms with Gasteiger partial charge in [0.2, 0.25) is 0 Å². The molecule has 2 heterocycles. The van der Waals surface area contributed by atoms with E-state index < -0.39 is 6.10 Å². The van der Waals surface area contributed by atoms with Crippen molar-refractivity contribution in [1.82, 2.24) is 10.2 Å². The number of aryl methyl sites for hydroxylation is 1. The smallest absolute Gasteiger partial charge is 0.196 e. The van der Waals surface area contributed by atoms with Crippen LogP contribution in [0.4, 0.5) is 11.4 Å². The Morgan fingerprint density at radius 2 is 1.57 bits per heavy atom. The van der Waals surface area contributed by atoms with Gasteiger partial charge in [-0.15, -0.1) is 0 Å². The molecule has 7 nitrogen and oxygen atoms in total. The zero-order valence-electron chi connectivity index (χ0n) is 22.4. The SMILES string of the molecule is Cc1ccc2c(c1)N=C1C3=C(C(=O)c4ccccc4C3=O)C(NCCN3CCN(c4ccccc4)CC3)=CC1O2. The van der Waals surface area contributed by atoms with Gasteiger partial charge in [-0.2, -0.15) is 0 Å². The van der Waals surface area contributed by atoms with Crippen LogP contribution < -0.4 is 15.0 Å². The number of ether oxygens (including phenoxy) is 1. The van der Waals surface area contributed by atoms with E-state index in [4.69, 9.17) is 9.73 Å². The molecule has 7 heteroatoms. The van der Waals surface area contributed by atoms with E-state index in [-0.39, 0.29) is 11.6 Å². The topological polar surface area (TPSA) is 74.2 Å². The second-order valence-electron chi connectivity index (χ2n) is 10.6. The molecule has 1 atom stereocenters. The van der Waals surface area contributed by atoms with Crippen LogP contribution in [0.3, 0.4) is 0 Å². The van der Waals surface area contributed by atoms with Gasteiger partial charge in [-0.25, -0.2) is 4.99 Å². The third-order valence-electron chi connectivity index (χ3n) is 8.08. The number of nitrogens with one attached hydrogen (secondary N) is 1. The molecule has 1 fully saturated rings. The summed E-state index contributed by atoms with van der Waals surface area (Å²) in [4.78, 5) is 37.3. The molecule has 0 radical (unpaired) electrons. The van der Waals surface area contributed by atoms with Crippen LogP contribution in [0.1, 0.15) is 26.3 Å². The molecule has 0 spiro atoms. The Morgan fingerprint density at radius 3 is 2.33 bits per heavy atom. The van der Waals surface area contributed by atoms with Crippen molar-refractivity contribution < 1.29 is 14.3 Å². The number of hydrogen-bond donors (Lipinski definition) is 1. The number of hydrogen-bond acceptors (Lipinski definition) is 7. The Balaban J connectivity index is 1.14. The van der Waals surface area contributed by atoms with Gasteiger partial charge < -0.3 is 15.0 Å². The van der Waals surface area contributed by atoms with Crippen molar-refractivity contribution >= 4 is 28.7 Å². The summed E-state index contributed by atoms with van der Waals surface area (Å²) in [6, 6.07) is 23.4. The molecular weight excluding hydrogens is 500 g/mol. The first-order valence-corrected chi connectivity index (χ1v) is 13.8. The first-order valence-electron chi connectivity index (χ1n) is 13.8. The number of anilines is 1. The highest BCUT2D eigenvalue weighted by Crippen LogP contribution is 2.41. The molecule has 200 valence electrons. The molecule has 2 aliphatic heterocycles. The van der Waals surface area contributed by atoms with E-state index in [1.54, 1.807) is 24.3 Å². The van der Waals surface area contributed by atoms with E-state index in [1.165, 1.54) is 5.69 Å². The standard InChI is InChI=1S/C33H30N4O3/c1-21-11-12-27-25(19-21)35-31-28(40-27)20-26(29-30(31)33(39)24-10-6-5-9-23(24)32(29)38)34-13-14-36-15-17-37(18-16-36)22-7-3-2-4-8-22/h2-12,19-20,28,34H,13-18H2,1H3. The van der Waals surface area contributed by atoms with E-state index >= 15 is 0 Å². The summed E-state index contributed by atoms with van der Waals surface area (Å²) in [7, 11) is 0. The zero-order valence-corrected chi connectivity index (χ0v) is 22.4. The van der Waals surface area contributed by atoms with Gasteiger partial charge in [0.1, 0.15) is 11.4 Å². The lowest BCUT2D eigenvalue weighted by Gasteiger charge is -2.36. The van der Waals surface area contributed by atoms with Gasteiger partial charge in [0.15, 0.2) is 17.7 Å². The fourth-order valence-corrected chi connectivity index (χ4v) is 5.99. The van der Waals surface area contributed by atoms with Crippen LogP contribution >= 0.6 is 0 Å². The number of fused-ring (bicyclic) bond motifs is 4. The van der Waals surface area contributed by atoms with E-state index in [0.29, 0.717) is 51.7 Å². The normalized spacial score (nSPS) is 20.0. The van der Waals surface area contributed by atoms with Gasteiger partial charge in [-0.05, 0) is 42.8 Å². The molecule has 1 saturated heterocycles.